The SMILES string of the molecule is CCOP(=O)(OCC)c1cc(NCc2cncn2CC)c(NC(=O)OC(C)(C)C)s1. The van der Waals surface area contributed by atoms with Crippen molar-refractivity contribution in [1.82, 2.24) is 9.55 Å². The summed E-state index contributed by atoms with van der Waals surface area (Å²) in [7, 11) is -3.49. The molecule has 0 aliphatic rings. The van der Waals surface area contributed by atoms with E-state index in [-0.39, 0.29) is 13.2 Å². The van der Waals surface area contributed by atoms with Gasteiger partial charge >= 0.3 is 13.7 Å². The number of ether oxygens (including phenoxy) is 1. The largest absolute Gasteiger partial charge is 0.444 e. The van der Waals surface area contributed by atoms with Gasteiger partial charge < -0.3 is 23.7 Å². The summed E-state index contributed by atoms with van der Waals surface area (Å²) >= 11 is 1.14. The molecule has 0 bridgehead atoms. The van der Waals surface area contributed by atoms with Crippen molar-refractivity contribution in [2.24, 2.45) is 0 Å². The molecule has 0 unspecified atom stereocenters. The number of aryl methyl sites for hydroxylation is 1. The van der Waals surface area contributed by atoms with Crippen LogP contribution in [-0.2, 0) is 31.4 Å². The van der Waals surface area contributed by atoms with E-state index in [1.807, 2.05) is 11.5 Å². The zero-order chi connectivity index (χ0) is 22.4. The number of nitrogens with one attached hydrogen (secondary N) is 2. The van der Waals surface area contributed by atoms with Crippen LogP contribution in [0, 0.1) is 0 Å². The Morgan fingerprint density at radius 3 is 2.47 bits per heavy atom. The second-order valence-electron chi connectivity index (χ2n) is 7.31. The number of nitrogens with zero attached hydrogens (tertiary/aromatic N) is 2. The molecule has 0 fully saturated rings. The summed E-state index contributed by atoms with van der Waals surface area (Å²) in [6.45, 7) is 12.6. The molecule has 11 heteroatoms. The Balaban J connectivity index is 2.32. The number of hydrogen-bond acceptors (Lipinski definition) is 8. The van der Waals surface area contributed by atoms with Crippen molar-refractivity contribution in [1.29, 1.82) is 0 Å². The highest BCUT2D eigenvalue weighted by Crippen LogP contribution is 2.51. The Morgan fingerprint density at radius 2 is 1.90 bits per heavy atom. The van der Waals surface area contributed by atoms with Crippen LogP contribution >= 0.6 is 18.9 Å². The van der Waals surface area contributed by atoms with Crippen LogP contribution in [0.1, 0.15) is 47.2 Å². The van der Waals surface area contributed by atoms with Gasteiger partial charge in [0.15, 0.2) is 0 Å². The number of imidazole rings is 1. The molecule has 0 aliphatic heterocycles. The van der Waals surface area contributed by atoms with E-state index >= 15 is 0 Å². The fourth-order valence-electron chi connectivity index (χ4n) is 2.60. The highest BCUT2D eigenvalue weighted by Gasteiger charge is 2.31. The number of thiophene rings is 1. The first-order valence-corrected chi connectivity index (χ1v) is 12.2. The Bertz CT molecular complexity index is 880. The second kappa shape index (κ2) is 10.4. The van der Waals surface area contributed by atoms with Crippen LogP contribution in [0.2, 0.25) is 0 Å². The number of hydrogen-bond donors (Lipinski definition) is 2. The van der Waals surface area contributed by atoms with E-state index in [0.717, 1.165) is 23.6 Å². The summed E-state index contributed by atoms with van der Waals surface area (Å²) in [6, 6.07) is 1.69. The van der Waals surface area contributed by atoms with Gasteiger partial charge in [0.2, 0.25) is 0 Å². The Hall–Kier alpha value is -1.87. The first kappa shape index (κ1) is 24.4. The van der Waals surface area contributed by atoms with E-state index in [1.165, 1.54) is 0 Å². The average Bonchev–Trinajstić information content (AvgIpc) is 3.25. The van der Waals surface area contributed by atoms with Gasteiger partial charge in [0.25, 0.3) is 0 Å². The van der Waals surface area contributed by atoms with Crippen LogP contribution in [0.25, 0.3) is 0 Å². The fourth-order valence-corrected chi connectivity index (χ4v) is 5.70. The van der Waals surface area contributed by atoms with Gasteiger partial charge in [0.1, 0.15) is 15.2 Å². The Kier molecular flexibility index (Phi) is 8.49. The van der Waals surface area contributed by atoms with Crippen molar-refractivity contribution in [2.45, 2.75) is 60.2 Å². The van der Waals surface area contributed by atoms with Crippen LogP contribution in [0.3, 0.4) is 0 Å². The first-order valence-electron chi connectivity index (χ1n) is 9.88. The van der Waals surface area contributed by atoms with Gasteiger partial charge in [0, 0.05) is 12.7 Å². The molecule has 0 aromatic carbocycles. The summed E-state index contributed by atoms with van der Waals surface area (Å²) in [4.78, 5) is 16.5. The van der Waals surface area contributed by atoms with E-state index in [1.54, 1.807) is 53.2 Å². The quantitative estimate of drug-likeness (QED) is 0.492. The zero-order valence-corrected chi connectivity index (χ0v) is 20.1. The molecule has 0 spiro atoms. The molecule has 2 aromatic rings. The lowest BCUT2D eigenvalue weighted by Crippen LogP contribution is -2.27. The van der Waals surface area contributed by atoms with Gasteiger partial charge in [-0.15, -0.1) is 11.3 Å². The third kappa shape index (κ3) is 6.57. The number of amides is 1. The predicted molar refractivity (Wildman–Crippen MR) is 120 cm³/mol. The molecule has 0 aliphatic carbocycles. The minimum absolute atomic E-state index is 0.239. The second-order valence-corrected chi connectivity index (χ2v) is 10.7. The molecule has 168 valence electrons. The molecule has 0 saturated heterocycles. The fraction of sp³-hybridized carbons (Fsp3) is 0.579. The maximum atomic E-state index is 13.2. The highest BCUT2D eigenvalue weighted by molar-refractivity contribution is 7.69. The lowest BCUT2D eigenvalue weighted by Gasteiger charge is -2.19. The van der Waals surface area contributed by atoms with Crippen LogP contribution in [0.4, 0.5) is 15.5 Å². The normalized spacial score (nSPS) is 12.1. The van der Waals surface area contributed by atoms with E-state index in [0.29, 0.717) is 21.9 Å². The van der Waals surface area contributed by atoms with Crippen molar-refractivity contribution in [2.75, 3.05) is 23.8 Å². The molecule has 30 heavy (non-hydrogen) atoms. The topological polar surface area (TPSA) is 104 Å². The van der Waals surface area contributed by atoms with Gasteiger partial charge in [0.05, 0.1) is 37.5 Å². The van der Waals surface area contributed by atoms with Gasteiger partial charge in [-0.2, -0.15) is 0 Å². The molecule has 0 radical (unpaired) electrons. The summed E-state index contributed by atoms with van der Waals surface area (Å²) in [5, 5.41) is 6.50. The van der Waals surface area contributed by atoms with Crippen LogP contribution in [0.5, 0.6) is 0 Å². The molecule has 2 rings (SSSR count). The van der Waals surface area contributed by atoms with Crippen molar-refractivity contribution in [3.63, 3.8) is 0 Å². The van der Waals surface area contributed by atoms with Gasteiger partial charge in [-0.05, 0) is 47.6 Å². The highest BCUT2D eigenvalue weighted by atomic mass is 32.1. The Labute approximate surface area is 181 Å². The molecule has 9 nitrogen and oxygen atoms in total. The number of carbonyl (C=O) groups excluding carboxylic acids is 1. The molecular formula is C19H31N4O5PS. The van der Waals surface area contributed by atoms with E-state index in [2.05, 4.69) is 15.6 Å². The van der Waals surface area contributed by atoms with Crippen molar-refractivity contribution < 1.29 is 23.1 Å². The van der Waals surface area contributed by atoms with E-state index < -0.39 is 19.3 Å². The van der Waals surface area contributed by atoms with Crippen molar-refractivity contribution in [3.8, 4) is 0 Å². The smallest absolute Gasteiger partial charge is 0.412 e. The summed E-state index contributed by atoms with van der Waals surface area (Å²) in [5.41, 5.74) is 0.938. The first-order chi connectivity index (χ1) is 14.1. The van der Waals surface area contributed by atoms with Crippen LogP contribution < -0.4 is 15.3 Å². The molecular weight excluding hydrogens is 427 g/mol. The van der Waals surface area contributed by atoms with Crippen molar-refractivity contribution in [3.05, 3.63) is 24.3 Å². The zero-order valence-electron chi connectivity index (χ0n) is 18.4. The standard InChI is InChI=1S/C19H31N4O5PS/c1-7-23-13-20-11-14(23)12-21-15-10-16(29(25,26-8-2)27-9-3)30-17(15)22-18(24)28-19(4,5)6/h10-11,13,21H,7-9,12H2,1-6H3,(H,22,24). The number of rotatable bonds is 10. The molecule has 1 amide bonds. The van der Waals surface area contributed by atoms with Crippen LogP contribution in [0.15, 0.2) is 18.6 Å². The Morgan fingerprint density at radius 1 is 1.23 bits per heavy atom. The molecule has 2 N–H and O–H groups in total. The monoisotopic (exact) mass is 458 g/mol. The maximum Gasteiger partial charge on any atom is 0.412 e. The van der Waals surface area contributed by atoms with Crippen LogP contribution in [-0.4, -0.2) is 34.5 Å². The number of aromatic nitrogens is 2. The van der Waals surface area contributed by atoms with E-state index in [9.17, 15) is 9.36 Å². The summed E-state index contributed by atoms with van der Waals surface area (Å²) in [5.74, 6) is 0. The lowest BCUT2D eigenvalue weighted by atomic mass is 10.2. The van der Waals surface area contributed by atoms with Crippen molar-refractivity contribution >= 4 is 40.3 Å². The lowest BCUT2D eigenvalue weighted by molar-refractivity contribution is 0.0636. The predicted octanol–water partition coefficient (Wildman–Crippen LogP) is 4.82. The molecule has 2 aromatic heterocycles. The number of carbonyl (C=O) groups is 1. The number of anilines is 2. The average molecular weight is 459 g/mol. The third-order valence-corrected chi connectivity index (χ3v) is 7.46. The molecule has 0 saturated carbocycles. The maximum absolute atomic E-state index is 13.2. The van der Waals surface area contributed by atoms with Gasteiger partial charge in [-0.25, -0.2) is 9.78 Å². The minimum Gasteiger partial charge on any atom is -0.444 e. The minimum atomic E-state index is -3.49. The molecule has 2 heterocycles. The third-order valence-electron chi connectivity index (χ3n) is 3.80. The van der Waals surface area contributed by atoms with E-state index in [4.69, 9.17) is 13.8 Å². The van der Waals surface area contributed by atoms with Gasteiger partial charge in [-0.3, -0.25) is 9.88 Å². The van der Waals surface area contributed by atoms with Gasteiger partial charge in [-0.1, -0.05) is 0 Å². The molecule has 0 atom stereocenters. The summed E-state index contributed by atoms with van der Waals surface area (Å²) < 4.78 is 31.9. The summed E-state index contributed by atoms with van der Waals surface area (Å²) in [6.07, 6.45) is 2.94.